The standard InChI is InChI=1S/C11H21NO4/c1-2-5-9(12)16-10(13)8-15-11-6-3-4-7-14-11/h9,11H,2-8,12H2,1H3. The zero-order valence-corrected chi connectivity index (χ0v) is 9.81. The highest BCUT2D eigenvalue weighted by Crippen LogP contribution is 2.13. The molecule has 94 valence electrons. The topological polar surface area (TPSA) is 70.8 Å². The molecule has 1 aliphatic rings. The minimum atomic E-state index is -0.520. The highest BCUT2D eigenvalue weighted by Gasteiger charge is 2.17. The zero-order chi connectivity index (χ0) is 11.8. The first-order chi connectivity index (χ1) is 7.72. The zero-order valence-electron chi connectivity index (χ0n) is 9.81. The molecular weight excluding hydrogens is 210 g/mol. The van der Waals surface area contributed by atoms with Gasteiger partial charge in [0.25, 0.3) is 0 Å². The Labute approximate surface area is 96.2 Å². The number of rotatable bonds is 6. The third kappa shape index (κ3) is 5.44. The van der Waals surface area contributed by atoms with Crippen molar-refractivity contribution in [3.8, 4) is 0 Å². The van der Waals surface area contributed by atoms with Gasteiger partial charge in [0.1, 0.15) is 6.61 Å². The molecule has 0 spiro atoms. The van der Waals surface area contributed by atoms with E-state index in [1.54, 1.807) is 0 Å². The molecule has 1 saturated heterocycles. The van der Waals surface area contributed by atoms with Crippen LogP contribution in [-0.4, -0.2) is 31.7 Å². The summed E-state index contributed by atoms with van der Waals surface area (Å²) in [5.74, 6) is -0.421. The Balaban J connectivity index is 2.09. The van der Waals surface area contributed by atoms with Gasteiger partial charge in [-0.2, -0.15) is 0 Å². The lowest BCUT2D eigenvalue weighted by Gasteiger charge is -2.22. The van der Waals surface area contributed by atoms with Crippen molar-refractivity contribution in [3.63, 3.8) is 0 Å². The van der Waals surface area contributed by atoms with Crippen LogP contribution in [0.5, 0.6) is 0 Å². The van der Waals surface area contributed by atoms with Gasteiger partial charge in [-0.15, -0.1) is 0 Å². The smallest absolute Gasteiger partial charge is 0.333 e. The van der Waals surface area contributed by atoms with Gasteiger partial charge < -0.3 is 14.2 Å². The van der Waals surface area contributed by atoms with Crippen LogP contribution in [0, 0.1) is 0 Å². The van der Waals surface area contributed by atoms with E-state index in [0.717, 1.165) is 25.7 Å². The van der Waals surface area contributed by atoms with Crippen molar-refractivity contribution in [2.45, 2.75) is 51.5 Å². The van der Waals surface area contributed by atoms with Crippen molar-refractivity contribution >= 4 is 5.97 Å². The van der Waals surface area contributed by atoms with E-state index in [2.05, 4.69) is 0 Å². The lowest BCUT2D eigenvalue weighted by atomic mass is 10.2. The molecule has 2 unspecified atom stereocenters. The van der Waals surface area contributed by atoms with E-state index in [4.69, 9.17) is 19.9 Å². The lowest BCUT2D eigenvalue weighted by molar-refractivity contribution is -0.185. The molecule has 1 aliphatic heterocycles. The van der Waals surface area contributed by atoms with Crippen LogP contribution in [-0.2, 0) is 19.0 Å². The van der Waals surface area contributed by atoms with Crippen molar-refractivity contribution in [2.75, 3.05) is 13.2 Å². The summed E-state index contributed by atoms with van der Waals surface area (Å²) in [4.78, 5) is 11.3. The number of hydrogen-bond acceptors (Lipinski definition) is 5. The predicted molar refractivity (Wildman–Crippen MR) is 58.5 cm³/mol. The summed E-state index contributed by atoms with van der Waals surface area (Å²) in [6.07, 6.45) is 3.76. The molecule has 2 N–H and O–H groups in total. The Morgan fingerprint density at radius 1 is 1.56 bits per heavy atom. The minimum absolute atomic E-state index is 0.0813. The second-order valence-electron chi connectivity index (χ2n) is 3.92. The molecule has 0 saturated carbocycles. The second kappa shape index (κ2) is 7.60. The number of carbonyl (C=O) groups is 1. The van der Waals surface area contributed by atoms with E-state index < -0.39 is 12.2 Å². The van der Waals surface area contributed by atoms with Gasteiger partial charge in [-0.1, -0.05) is 13.3 Å². The number of esters is 1. The molecule has 1 heterocycles. The third-order valence-electron chi connectivity index (χ3n) is 2.38. The molecule has 0 amide bonds. The van der Waals surface area contributed by atoms with E-state index in [9.17, 15) is 4.79 Å². The Morgan fingerprint density at radius 3 is 3.00 bits per heavy atom. The van der Waals surface area contributed by atoms with Gasteiger partial charge in [0.05, 0.1) is 0 Å². The van der Waals surface area contributed by atoms with Gasteiger partial charge in [-0.05, 0) is 25.7 Å². The lowest BCUT2D eigenvalue weighted by Crippen LogP contribution is -2.31. The van der Waals surface area contributed by atoms with Crippen LogP contribution in [0.4, 0.5) is 0 Å². The Bertz CT molecular complexity index is 204. The molecule has 0 aromatic rings. The second-order valence-corrected chi connectivity index (χ2v) is 3.92. The fourth-order valence-corrected chi connectivity index (χ4v) is 1.55. The fraction of sp³-hybridized carbons (Fsp3) is 0.909. The maximum Gasteiger partial charge on any atom is 0.333 e. The summed E-state index contributed by atoms with van der Waals surface area (Å²) < 4.78 is 15.5. The van der Waals surface area contributed by atoms with Gasteiger partial charge in [0.2, 0.25) is 0 Å². The van der Waals surface area contributed by atoms with Crippen LogP contribution < -0.4 is 5.73 Å². The monoisotopic (exact) mass is 231 g/mol. The summed E-state index contributed by atoms with van der Waals surface area (Å²) in [6.45, 7) is 2.61. The molecule has 2 atom stereocenters. The molecule has 5 nitrogen and oxygen atoms in total. The largest absolute Gasteiger partial charge is 0.445 e. The average molecular weight is 231 g/mol. The molecule has 0 aromatic heterocycles. The van der Waals surface area contributed by atoms with Crippen LogP contribution in [0.1, 0.15) is 39.0 Å². The van der Waals surface area contributed by atoms with Gasteiger partial charge in [-0.25, -0.2) is 4.79 Å². The van der Waals surface area contributed by atoms with Gasteiger partial charge >= 0.3 is 5.97 Å². The van der Waals surface area contributed by atoms with E-state index in [1.165, 1.54) is 0 Å². The minimum Gasteiger partial charge on any atom is -0.445 e. The first kappa shape index (κ1) is 13.4. The first-order valence-corrected chi connectivity index (χ1v) is 5.90. The van der Waals surface area contributed by atoms with Crippen molar-refractivity contribution in [3.05, 3.63) is 0 Å². The number of hydrogen-bond donors (Lipinski definition) is 1. The molecular formula is C11H21NO4. The third-order valence-corrected chi connectivity index (χ3v) is 2.38. The van der Waals surface area contributed by atoms with Crippen LogP contribution in [0.3, 0.4) is 0 Å². The van der Waals surface area contributed by atoms with Crippen LogP contribution in [0.2, 0.25) is 0 Å². The van der Waals surface area contributed by atoms with Gasteiger partial charge in [0, 0.05) is 6.61 Å². The molecule has 0 bridgehead atoms. The maximum absolute atomic E-state index is 11.3. The van der Waals surface area contributed by atoms with Crippen molar-refractivity contribution < 1.29 is 19.0 Å². The van der Waals surface area contributed by atoms with E-state index >= 15 is 0 Å². The van der Waals surface area contributed by atoms with Gasteiger partial charge in [0.15, 0.2) is 12.5 Å². The molecule has 1 fully saturated rings. The molecule has 0 aromatic carbocycles. The number of nitrogens with two attached hydrogens (primary N) is 1. The van der Waals surface area contributed by atoms with E-state index in [-0.39, 0.29) is 12.9 Å². The molecule has 1 rings (SSSR count). The molecule has 16 heavy (non-hydrogen) atoms. The average Bonchev–Trinajstić information content (AvgIpc) is 2.28. The summed E-state index contributed by atoms with van der Waals surface area (Å²) in [5.41, 5.74) is 5.56. The quantitative estimate of drug-likeness (QED) is 0.548. The highest BCUT2D eigenvalue weighted by atomic mass is 16.7. The van der Waals surface area contributed by atoms with Crippen molar-refractivity contribution in [2.24, 2.45) is 5.73 Å². The summed E-state index contributed by atoms with van der Waals surface area (Å²) in [6, 6.07) is 0. The van der Waals surface area contributed by atoms with Crippen LogP contribution in [0.15, 0.2) is 0 Å². The maximum atomic E-state index is 11.3. The number of ether oxygens (including phenoxy) is 3. The number of carbonyl (C=O) groups excluding carboxylic acids is 1. The Kier molecular flexibility index (Phi) is 6.37. The summed E-state index contributed by atoms with van der Waals surface area (Å²) >= 11 is 0. The summed E-state index contributed by atoms with van der Waals surface area (Å²) in [5, 5.41) is 0. The highest BCUT2D eigenvalue weighted by molar-refractivity contribution is 5.70. The SMILES string of the molecule is CCCC(N)OC(=O)COC1CCCCO1. The predicted octanol–water partition coefficient (Wildman–Crippen LogP) is 1.16. The Morgan fingerprint density at radius 2 is 2.38 bits per heavy atom. The van der Waals surface area contributed by atoms with Crippen LogP contribution in [0.25, 0.3) is 0 Å². The van der Waals surface area contributed by atoms with Crippen molar-refractivity contribution in [1.29, 1.82) is 0 Å². The summed E-state index contributed by atoms with van der Waals surface area (Å²) in [7, 11) is 0. The Hall–Kier alpha value is -0.650. The fourth-order valence-electron chi connectivity index (χ4n) is 1.55. The van der Waals surface area contributed by atoms with E-state index in [1.807, 2.05) is 6.92 Å². The van der Waals surface area contributed by atoms with Crippen molar-refractivity contribution in [1.82, 2.24) is 0 Å². The molecule has 0 aliphatic carbocycles. The first-order valence-electron chi connectivity index (χ1n) is 5.90. The van der Waals surface area contributed by atoms with Crippen LogP contribution >= 0.6 is 0 Å². The molecule has 5 heteroatoms. The normalized spacial score (nSPS) is 22.8. The van der Waals surface area contributed by atoms with Gasteiger partial charge in [-0.3, -0.25) is 5.73 Å². The van der Waals surface area contributed by atoms with E-state index in [0.29, 0.717) is 13.0 Å². The molecule has 0 radical (unpaired) electrons.